The van der Waals surface area contributed by atoms with Crippen molar-refractivity contribution in [2.75, 3.05) is 0 Å². The van der Waals surface area contributed by atoms with Crippen molar-refractivity contribution in [2.24, 2.45) is 0 Å². The summed E-state index contributed by atoms with van der Waals surface area (Å²) in [7, 11) is 0. The van der Waals surface area contributed by atoms with Crippen molar-refractivity contribution in [3.63, 3.8) is 0 Å². The largest absolute Gasteiger partial charge is 0.292 e. The number of fused-ring (bicyclic) bond motifs is 3. The van der Waals surface area contributed by atoms with Gasteiger partial charge in [-0.1, -0.05) is 66.7 Å². The maximum absolute atomic E-state index is 13.9. The Morgan fingerprint density at radius 1 is 0.750 bits per heavy atom. The monoisotopic (exact) mass is 381 g/mol. The highest BCUT2D eigenvalue weighted by molar-refractivity contribution is 7.12. The first kappa shape index (κ1) is 17.1. The summed E-state index contributed by atoms with van der Waals surface area (Å²) in [5, 5.41) is 2.01. The molecule has 2 nitrogen and oxygen atoms in total. The Morgan fingerprint density at radius 2 is 1.39 bits per heavy atom. The number of hydrogen-bond donors (Lipinski definition) is 0. The number of rotatable bonds is 4. The maximum Gasteiger partial charge on any atom is 0.186 e. The van der Waals surface area contributed by atoms with Gasteiger partial charge in [-0.05, 0) is 41.5 Å². The van der Waals surface area contributed by atoms with Crippen molar-refractivity contribution in [3.05, 3.63) is 112 Å². The van der Waals surface area contributed by atoms with Gasteiger partial charge in [-0.3, -0.25) is 9.78 Å². The van der Waals surface area contributed by atoms with Crippen LogP contribution >= 0.6 is 11.3 Å². The van der Waals surface area contributed by atoms with Gasteiger partial charge >= 0.3 is 0 Å². The van der Waals surface area contributed by atoms with E-state index in [1.165, 1.54) is 0 Å². The number of thiophene rings is 1. The van der Waals surface area contributed by atoms with E-state index in [4.69, 9.17) is 4.98 Å². The zero-order valence-electron chi connectivity index (χ0n) is 15.3. The number of benzene rings is 2. The molecule has 2 heterocycles. The molecule has 0 N–H and O–H groups in total. The lowest BCUT2D eigenvalue weighted by Gasteiger charge is -2.37. The summed E-state index contributed by atoms with van der Waals surface area (Å²) in [5.74, 6) is 0.191. The third-order valence-corrected chi connectivity index (χ3v) is 6.47. The smallest absolute Gasteiger partial charge is 0.186 e. The van der Waals surface area contributed by atoms with Crippen LogP contribution in [0, 0.1) is 0 Å². The molecule has 2 aromatic carbocycles. The van der Waals surface area contributed by atoms with E-state index >= 15 is 0 Å². The standard InChI is InChI=1S/C25H19NOS/c27-24-22-20(13-15-28-22)21-12-7-14-26-23(21)25(24,16-18-8-3-1-4-9-18)17-19-10-5-2-6-11-19/h1-15H,16-17H2. The van der Waals surface area contributed by atoms with Crippen LogP contribution in [-0.4, -0.2) is 10.8 Å². The Hall–Kier alpha value is -3.04. The van der Waals surface area contributed by atoms with Gasteiger partial charge in [0, 0.05) is 17.3 Å². The average Bonchev–Trinajstić information content (AvgIpc) is 3.24. The molecule has 0 unspecified atom stereocenters. The normalized spacial score (nSPS) is 14.4. The van der Waals surface area contributed by atoms with E-state index in [0.29, 0.717) is 12.8 Å². The van der Waals surface area contributed by atoms with Gasteiger partial charge in [-0.15, -0.1) is 11.3 Å². The predicted octanol–water partition coefficient (Wildman–Crippen LogP) is 5.73. The fourth-order valence-electron chi connectivity index (χ4n) is 4.31. The third kappa shape index (κ3) is 2.71. The quantitative estimate of drug-likeness (QED) is 0.452. The van der Waals surface area contributed by atoms with Gasteiger partial charge < -0.3 is 0 Å². The highest BCUT2D eigenvalue weighted by atomic mass is 32.1. The zero-order chi connectivity index (χ0) is 19.0. The summed E-state index contributed by atoms with van der Waals surface area (Å²) in [5.41, 5.74) is 4.63. The van der Waals surface area contributed by atoms with Crippen molar-refractivity contribution >= 4 is 17.1 Å². The summed E-state index contributed by atoms with van der Waals surface area (Å²) >= 11 is 1.54. The van der Waals surface area contributed by atoms with Crippen LogP contribution in [-0.2, 0) is 18.3 Å². The van der Waals surface area contributed by atoms with E-state index in [1.54, 1.807) is 11.3 Å². The SMILES string of the molecule is O=C1c2sccc2-c2cccnc2C1(Cc1ccccc1)Cc1ccccc1. The van der Waals surface area contributed by atoms with Crippen LogP contribution < -0.4 is 0 Å². The number of Topliss-reactive ketones (excluding diaryl/α,β-unsaturated/α-hetero) is 1. The van der Waals surface area contributed by atoms with Gasteiger partial charge in [-0.25, -0.2) is 0 Å². The van der Waals surface area contributed by atoms with Crippen LogP contribution in [0.1, 0.15) is 26.5 Å². The highest BCUT2D eigenvalue weighted by Gasteiger charge is 2.48. The Kier molecular flexibility index (Phi) is 4.18. The van der Waals surface area contributed by atoms with Crippen LogP contribution in [0.25, 0.3) is 11.1 Å². The molecule has 0 atom stereocenters. The van der Waals surface area contributed by atoms with Gasteiger partial charge in [0.25, 0.3) is 0 Å². The molecule has 0 fully saturated rings. The maximum atomic E-state index is 13.9. The highest BCUT2D eigenvalue weighted by Crippen LogP contribution is 2.47. The van der Waals surface area contributed by atoms with Crippen LogP contribution in [0.2, 0.25) is 0 Å². The Labute approximate surface area is 168 Å². The lowest BCUT2D eigenvalue weighted by Crippen LogP contribution is -2.43. The molecule has 2 aromatic heterocycles. The third-order valence-electron chi connectivity index (χ3n) is 5.55. The average molecular weight is 382 g/mol. The molecule has 0 spiro atoms. The van der Waals surface area contributed by atoms with Crippen molar-refractivity contribution in [1.29, 1.82) is 0 Å². The lowest BCUT2D eigenvalue weighted by molar-refractivity contribution is 0.0878. The summed E-state index contributed by atoms with van der Waals surface area (Å²) in [6.07, 6.45) is 3.10. The topological polar surface area (TPSA) is 30.0 Å². The van der Waals surface area contributed by atoms with E-state index in [9.17, 15) is 4.79 Å². The lowest BCUT2D eigenvalue weighted by atomic mass is 9.65. The molecule has 3 heteroatoms. The second kappa shape index (κ2) is 6.84. The molecule has 0 saturated carbocycles. The van der Waals surface area contributed by atoms with Crippen molar-refractivity contribution in [1.82, 2.24) is 4.98 Å². The Morgan fingerprint density at radius 3 is 2.04 bits per heavy atom. The number of pyridine rings is 1. The van der Waals surface area contributed by atoms with Gasteiger partial charge in [0.15, 0.2) is 5.78 Å². The molecule has 0 saturated heterocycles. The molecule has 1 aliphatic carbocycles. The van der Waals surface area contributed by atoms with Crippen molar-refractivity contribution < 1.29 is 4.79 Å². The molecule has 1 aliphatic rings. The first-order valence-electron chi connectivity index (χ1n) is 9.44. The first-order chi connectivity index (χ1) is 13.8. The number of nitrogens with zero attached hydrogens (tertiary/aromatic N) is 1. The summed E-state index contributed by atoms with van der Waals surface area (Å²) < 4.78 is 0. The summed E-state index contributed by atoms with van der Waals surface area (Å²) in [4.78, 5) is 19.6. The van der Waals surface area contributed by atoms with Crippen LogP contribution in [0.15, 0.2) is 90.4 Å². The number of hydrogen-bond acceptors (Lipinski definition) is 3. The fourth-order valence-corrected chi connectivity index (χ4v) is 5.25. The van der Waals surface area contributed by atoms with Crippen molar-refractivity contribution in [3.8, 4) is 11.1 Å². The minimum atomic E-state index is -0.697. The van der Waals surface area contributed by atoms with Crippen LogP contribution in [0.5, 0.6) is 0 Å². The number of carbonyl (C=O) groups excluding carboxylic acids is 1. The predicted molar refractivity (Wildman–Crippen MR) is 114 cm³/mol. The van der Waals surface area contributed by atoms with Gasteiger partial charge in [0.05, 0.1) is 16.0 Å². The molecule has 4 aromatic rings. The molecule has 136 valence electrons. The van der Waals surface area contributed by atoms with Crippen LogP contribution in [0.3, 0.4) is 0 Å². The molecule has 0 aliphatic heterocycles. The van der Waals surface area contributed by atoms with Gasteiger partial charge in [-0.2, -0.15) is 0 Å². The summed E-state index contributed by atoms with van der Waals surface area (Å²) in [6, 6.07) is 26.7. The van der Waals surface area contributed by atoms with Crippen LogP contribution in [0.4, 0.5) is 0 Å². The van der Waals surface area contributed by atoms with Gasteiger partial charge in [0.2, 0.25) is 0 Å². The number of aromatic nitrogens is 1. The fraction of sp³-hybridized carbons (Fsp3) is 0.120. The molecule has 0 amide bonds. The molecular weight excluding hydrogens is 362 g/mol. The molecule has 0 bridgehead atoms. The minimum absolute atomic E-state index is 0.191. The Bertz CT molecular complexity index is 1090. The van der Waals surface area contributed by atoms with E-state index in [0.717, 1.165) is 32.8 Å². The van der Waals surface area contributed by atoms with E-state index in [-0.39, 0.29) is 5.78 Å². The van der Waals surface area contributed by atoms with Gasteiger partial charge in [0.1, 0.15) is 0 Å². The second-order valence-corrected chi connectivity index (χ2v) is 8.22. The van der Waals surface area contributed by atoms with E-state index in [2.05, 4.69) is 30.3 Å². The molecular formula is C25H19NOS. The van der Waals surface area contributed by atoms with Crippen molar-refractivity contribution in [2.45, 2.75) is 18.3 Å². The summed E-state index contributed by atoms with van der Waals surface area (Å²) in [6.45, 7) is 0. The number of ketones is 1. The number of carbonyl (C=O) groups is 1. The first-order valence-corrected chi connectivity index (χ1v) is 10.3. The van der Waals surface area contributed by atoms with E-state index < -0.39 is 5.41 Å². The molecule has 28 heavy (non-hydrogen) atoms. The molecule has 5 rings (SSSR count). The minimum Gasteiger partial charge on any atom is -0.292 e. The molecule has 0 radical (unpaired) electrons. The van der Waals surface area contributed by atoms with E-state index in [1.807, 2.05) is 60.1 Å². The zero-order valence-corrected chi connectivity index (χ0v) is 16.2. The Balaban J connectivity index is 1.74. The second-order valence-electron chi connectivity index (χ2n) is 7.30.